The predicted octanol–water partition coefficient (Wildman–Crippen LogP) is 11.2. The van der Waals surface area contributed by atoms with Gasteiger partial charge >= 0.3 is 0 Å². The van der Waals surface area contributed by atoms with E-state index in [1.54, 1.807) is 0 Å². The van der Waals surface area contributed by atoms with Gasteiger partial charge in [-0.2, -0.15) is 0 Å². The molecule has 0 bridgehead atoms. The largest absolute Gasteiger partial charge is 0.304 e. The Balaban J connectivity index is 0.00000468. The van der Waals surface area contributed by atoms with Crippen LogP contribution in [0.1, 0.15) is 111 Å². The van der Waals surface area contributed by atoms with Gasteiger partial charge in [-0.15, -0.1) is 34.9 Å². The number of hydrogen-bond acceptors (Lipinski definition) is 4. The van der Waals surface area contributed by atoms with Crippen molar-refractivity contribution in [3.05, 3.63) is 107 Å². The predicted molar refractivity (Wildman–Crippen MR) is 200 cm³/mol. The maximum Gasteiger partial charge on any atom is 0.165 e. The topological polar surface area (TPSA) is 51.6 Å². The first kappa shape index (κ1) is 36.7. The summed E-state index contributed by atoms with van der Waals surface area (Å²) in [6.45, 7) is 29.7. The normalized spacial score (nSPS) is 16.2. The first-order chi connectivity index (χ1) is 22.2. The molecule has 257 valence electrons. The molecule has 4 nitrogen and oxygen atoms in total. The Hall–Kier alpha value is -3.53. The zero-order chi connectivity index (χ0) is 35.0. The fraction of sp³-hybridized carbons (Fsp3) is 0.409. The Labute approximate surface area is 308 Å². The van der Waals surface area contributed by atoms with Gasteiger partial charge in [0.15, 0.2) is 17.5 Å². The summed E-state index contributed by atoms with van der Waals surface area (Å²) in [4.78, 5) is 20.1. The van der Waals surface area contributed by atoms with E-state index in [0.717, 1.165) is 33.5 Å². The van der Waals surface area contributed by atoms with Crippen LogP contribution in [0.25, 0.3) is 45.4 Å². The van der Waals surface area contributed by atoms with E-state index in [1.165, 1.54) is 22.3 Å². The van der Waals surface area contributed by atoms with Gasteiger partial charge in [0, 0.05) is 43.0 Å². The molecule has 1 radical (unpaired) electrons. The molecule has 5 heteroatoms. The standard InChI is InChI=1S/C44H51N4.Ir/c1-27-24-36(30-18-23-34-35(25-30)43(10,11)44(12,13)42(34,8)9)45-26-33(27)39-47-37(28-14-19-31(20-15-28)40(2,3)4)46-38(48-39)29-16-21-32(22-17-29)41(5,6)7;/h14-17,19-26H,1-13H3;/q-1;. The quantitative estimate of drug-likeness (QED) is 0.169. The second kappa shape index (κ2) is 12.4. The Bertz CT molecular complexity index is 1930. The van der Waals surface area contributed by atoms with Gasteiger partial charge in [0.05, 0.1) is 0 Å². The molecule has 0 amide bonds. The van der Waals surface area contributed by atoms with Gasteiger partial charge in [-0.25, -0.2) is 15.0 Å². The smallest absolute Gasteiger partial charge is 0.165 e. The Morgan fingerprint density at radius 2 is 1.04 bits per heavy atom. The SMILES string of the molecule is Cc1cc(-c2[c-]cc3c(c2)C(C)(C)C(C)(C)C3(C)C)ncc1-c1nc(-c2ccc(C(C)(C)C)cc2)nc(-c2ccc(C(C)(C)C)cc2)n1.[Ir]. The maximum absolute atomic E-state index is 5.04. The van der Waals surface area contributed by atoms with Gasteiger partial charge < -0.3 is 4.98 Å². The van der Waals surface area contributed by atoms with E-state index >= 15 is 0 Å². The average Bonchev–Trinajstić information content (AvgIpc) is 3.13. The first-order valence-corrected chi connectivity index (χ1v) is 17.2. The van der Waals surface area contributed by atoms with Crippen molar-refractivity contribution in [1.29, 1.82) is 0 Å². The molecule has 0 aliphatic heterocycles. The summed E-state index contributed by atoms with van der Waals surface area (Å²) in [6.07, 6.45) is 1.92. The van der Waals surface area contributed by atoms with Crippen molar-refractivity contribution in [2.24, 2.45) is 5.41 Å². The Morgan fingerprint density at radius 3 is 1.49 bits per heavy atom. The second-order valence-corrected chi connectivity index (χ2v) is 17.4. The van der Waals surface area contributed by atoms with Crippen molar-refractivity contribution in [2.75, 3.05) is 0 Å². The van der Waals surface area contributed by atoms with Crippen LogP contribution in [0.5, 0.6) is 0 Å². The molecule has 0 spiro atoms. The third kappa shape index (κ3) is 6.34. The number of aromatic nitrogens is 4. The van der Waals surface area contributed by atoms with Gasteiger partial charge in [-0.05, 0) is 56.4 Å². The minimum absolute atomic E-state index is 0. The summed E-state index contributed by atoms with van der Waals surface area (Å²) in [5.74, 6) is 1.92. The van der Waals surface area contributed by atoms with E-state index in [9.17, 15) is 0 Å². The third-order valence-electron chi connectivity index (χ3n) is 11.7. The second-order valence-electron chi connectivity index (χ2n) is 17.4. The van der Waals surface area contributed by atoms with Crippen molar-refractivity contribution in [1.82, 2.24) is 19.9 Å². The molecule has 0 N–H and O–H groups in total. The summed E-state index contributed by atoms with van der Waals surface area (Å²) in [5, 5.41) is 0. The molecule has 0 saturated heterocycles. The van der Waals surface area contributed by atoms with E-state index in [4.69, 9.17) is 19.9 Å². The molecule has 5 aromatic rings. The van der Waals surface area contributed by atoms with Crippen LogP contribution in [-0.4, -0.2) is 19.9 Å². The van der Waals surface area contributed by atoms with E-state index < -0.39 is 0 Å². The van der Waals surface area contributed by atoms with Crippen molar-refractivity contribution >= 4 is 0 Å². The number of nitrogens with zero attached hydrogens (tertiary/aromatic N) is 4. The Kier molecular flexibility index (Phi) is 9.26. The molecule has 0 fully saturated rings. The zero-order valence-electron chi connectivity index (χ0n) is 31.6. The van der Waals surface area contributed by atoms with Crippen LogP contribution >= 0.6 is 0 Å². The number of hydrogen-bond donors (Lipinski definition) is 0. The average molecular weight is 828 g/mol. The molecular formula is C44H51IrN4-. The number of pyridine rings is 1. The summed E-state index contributed by atoms with van der Waals surface area (Å²) in [6, 6.07) is 27.4. The Morgan fingerprint density at radius 1 is 0.592 bits per heavy atom. The molecule has 0 saturated carbocycles. The van der Waals surface area contributed by atoms with Crippen LogP contribution in [0.4, 0.5) is 0 Å². The van der Waals surface area contributed by atoms with Crippen LogP contribution in [0.15, 0.2) is 72.9 Å². The van der Waals surface area contributed by atoms with Crippen LogP contribution in [0.3, 0.4) is 0 Å². The molecule has 2 heterocycles. The molecule has 49 heavy (non-hydrogen) atoms. The van der Waals surface area contributed by atoms with Gasteiger partial charge in [0.25, 0.3) is 0 Å². The molecule has 0 unspecified atom stereocenters. The molecule has 0 atom stereocenters. The molecule has 3 aromatic carbocycles. The van der Waals surface area contributed by atoms with Crippen molar-refractivity contribution in [3.8, 4) is 45.4 Å². The molecule has 1 aliphatic rings. The van der Waals surface area contributed by atoms with Crippen LogP contribution in [-0.2, 0) is 41.8 Å². The minimum Gasteiger partial charge on any atom is -0.304 e. The van der Waals surface area contributed by atoms with Crippen LogP contribution < -0.4 is 0 Å². The van der Waals surface area contributed by atoms with Crippen LogP contribution in [0, 0.1) is 18.4 Å². The maximum atomic E-state index is 5.04. The summed E-state index contributed by atoms with van der Waals surface area (Å²) < 4.78 is 0. The number of aryl methyl sites for hydroxylation is 1. The zero-order valence-corrected chi connectivity index (χ0v) is 33.9. The number of fused-ring (bicyclic) bond motifs is 1. The third-order valence-corrected chi connectivity index (χ3v) is 11.7. The van der Waals surface area contributed by atoms with Gasteiger partial charge in [-0.3, -0.25) is 0 Å². The van der Waals surface area contributed by atoms with E-state index in [1.807, 2.05) is 6.20 Å². The molecular weight excluding hydrogens is 777 g/mol. The monoisotopic (exact) mass is 828 g/mol. The van der Waals surface area contributed by atoms with Gasteiger partial charge in [0.2, 0.25) is 0 Å². The summed E-state index contributed by atoms with van der Waals surface area (Å²) in [5.41, 5.74) is 11.4. The fourth-order valence-electron chi connectivity index (χ4n) is 7.06. The van der Waals surface area contributed by atoms with Crippen LogP contribution in [0.2, 0.25) is 0 Å². The minimum atomic E-state index is 0. The number of benzene rings is 3. The van der Waals surface area contributed by atoms with E-state index in [0.29, 0.717) is 17.5 Å². The van der Waals surface area contributed by atoms with Gasteiger partial charge in [0.1, 0.15) is 0 Å². The molecule has 2 aromatic heterocycles. The van der Waals surface area contributed by atoms with Gasteiger partial charge in [-0.1, -0.05) is 138 Å². The molecule has 1 aliphatic carbocycles. The van der Waals surface area contributed by atoms with Crippen molar-refractivity contribution in [2.45, 2.75) is 112 Å². The van der Waals surface area contributed by atoms with E-state index in [-0.39, 0.29) is 47.2 Å². The first-order valence-electron chi connectivity index (χ1n) is 17.2. The van der Waals surface area contributed by atoms with Crippen molar-refractivity contribution < 1.29 is 20.1 Å². The molecule has 6 rings (SSSR count). The fourth-order valence-corrected chi connectivity index (χ4v) is 7.06. The van der Waals surface area contributed by atoms with E-state index in [2.05, 4.69) is 163 Å². The summed E-state index contributed by atoms with van der Waals surface area (Å²) in [7, 11) is 0. The number of rotatable bonds is 4. The van der Waals surface area contributed by atoms with Crippen molar-refractivity contribution in [3.63, 3.8) is 0 Å². The summed E-state index contributed by atoms with van der Waals surface area (Å²) >= 11 is 0.